The molecule has 0 atom stereocenters. The molecule has 0 saturated heterocycles. The molecule has 2 heterocycles. The molecule has 0 unspecified atom stereocenters. The molecule has 1 aromatic heterocycles. The van der Waals surface area contributed by atoms with Crippen LogP contribution in [0.15, 0.2) is 18.3 Å². The molecule has 0 fully saturated rings. The number of carbonyl (C=O) groups is 2. The predicted molar refractivity (Wildman–Crippen MR) is 90.3 cm³/mol. The molecule has 0 spiro atoms. The zero-order chi connectivity index (χ0) is 16.8. The number of hydrogen-bond donors (Lipinski definition) is 1. The summed E-state index contributed by atoms with van der Waals surface area (Å²) >= 11 is 0. The van der Waals surface area contributed by atoms with Crippen molar-refractivity contribution in [2.75, 3.05) is 36.1 Å². The van der Waals surface area contributed by atoms with Crippen LogP contribution in [0, 0.1) is 0 Å². The molecule has 7 nitrogen and oxygen atoms in total. The van der Waals surface area contributed by atoms with Crippen molar-refractivity contribution in [1.82, 2.24) is 15.3 Å². The van der Waals surface area contributed by atoms with Crippen molar-refractivity contribution < 1.29 is 9.59 Å². The Morgan fingerprint density at radius 1 is 1.22 bits per heavy atom. The van der Waals surface area contributed by atoms with E-state index in [1.165, 1.54) is 4.90 Å². The number of hydrogen-bond acceptors (Lipinski definition) is 4. The van der Waals surface area contributed by atoms with E-state index in [2.05, 4.69) is 17.2 Å². The molecule has 23 heavy (non-hydrogen) atoms. The summed E-state index contributed by atoms with van der Waals surface area (Å²) in [5.41, 5.74) is 0.676. The number of unbranched alkanes of at least 4 members (excludes halogenated alkanes) is 1. The van der Waals surface area contributed by atoms with Crippen LogP contribution < -0.4 is 15.2 Å². The minimum Gasteiger partial charge on any atom is -0.355 e. The first-order valence-corrected chi connectivity index (χ1v) is 8.22. The van der Waals surface area contributed by atoms with E-state index < -0.39 is 0 Å². The number of carbonyl (C=O) groups excluding carboxylic acids is 2. The fourth-order valence-corrected chi connectivity index (χ4v) is 2.64. The number of rotatable bonds is 7. The van der Waals surface area contributed by atoms with Gasteiger partial charge in [-0.05, 0) is 32.4 Å². The minimum atomic E-state index is -0.194. The summed E-state index contributed by atoms with van der Waals surface area (Å²) < 4.78 is 0. The second kappa shape index (κ2) is 7.80. The Balaban J connectivity index is 2.24. The smallest absolute Gasteiger partial charge is 0.343 e. The lowest BCUT2D eigenvalue weighted by Crippen LogP contribution is -2.58. The third kappa shape index (κ3) is 3.55. The van der Waals surface area contributed by atoms with Crippen molar-refractivity contribution in [3.8, 4) is 0 Å². The van der Waals surface area contributed by atoms with Gasteiger partial charge in [0.1, 0.15) is 6.54 Å². The standard InChI is InChI=1S/C16H25N5O2/c1-4-7-10-17-14(22)12-19-13-9-8-11-18-15(13)20(5-2)21(6-3)16(19)23/h8-9,11H,4-7,10,12H2,1-3H3,(H,17,22). The maximum atomic E-state index is 12.8. The summed E-state index contributed by atoms with van der Waals surface area (Å²) in [6.07, 6.45) is 3.65. The third-order valence-corrected chi connectivity index (χ3v) is 3.80. The van der Waals surface area contributed by atoms with Crippen LogP contribution >= 0.6 is 0 Å². The van der Waals surface area contributed by atoms with Crippen molar-refractivity contribution in [2.45, 2.75) is 33.6 Å². The lowest BCUT2D eigenvalue weighted by atomic mass is 10.3. The summed E-state index contributed by atoms with van der Waals surface area (Å²) in [4.78, 5) is 30.8. The first kappa shape index (κ1) is 17.1. The number of pyridine rings is 1. The lowest BCUT2D eigenvalue weighted by molar-refractivity contribution is -0.119. The molecule has 0 bridgehead atoms. The van der Waals surface area contributed by atoms with Crippen molar-refractivity contribution >= 4 is 23.4 Å². The number of amides is 3. The van der Waals surface area contributed by atoms with E-state index in [4.69, 9.17) is 0 Å². The molecule has 1 N–H and O–H groups in total. The molecular formula is C16H25N5O2. The number of hydrazine groups is 1. The van der Waals surface area contributed by atoms with Gasteiger partial charge in [0.25, 0.3) is 0 Å². The number of anilines is 2. The topological polar surface area (TPSA) is 68.8 Å². The highest BCUT2D eigenvalue weighted by Gasteiger charge is 2.35. The number of aromatic nitrogens is 1. The minimum absolute atomic E-state index is 0.00922. The molecule has 2 rings (SSSR count). The number of fused-ring (bicyclic) bond motifs is 1. The fourth-order valence-electron chi connectivity index (χ4n) is 2.64. The Bertz CT molecular complexity index is 563. The van der Waals surface area contributed by atoms with E-state index >= 15 is 0 Å². The van der Waals surface area contributed by atoms with Gasteiger partial charge in [-0.3, -0.25) is 14.7 Å². The zero-order valence-electron chi connectivity index (χ0n) is 14.1. The predicted octanol–water partition coefficient (Wildman–Crippen LogP) is 2.00. The molecule has 126 valence electrons. The van der Waals surface area contributed by atoms with E-state index in [1.807, 2.05) is 24.9 Å². The molecule has 1 aliphatic heterocycles. The lowest BCUT2D eigenvalue weighted by Gasteiger charge is -2.43. The molecule has 3 amide bonds. The van der Waals surface area contributed by atoms with Gasteiger partial charge >= 0.3 is 6.03 Å². The molecule has 0 aliphatic carbocycles. The molecule has 0 radical (unpaired) electrons. The summed E-state index contributed by atoms with van der Waals surface area (Å²) in [6.45, 7) is 7.76. The SMILES string of the molecule is CCCCNC(=O)CN1C(=O)N(CC)N(CC)c2ncccc21. The molecule has 1 aliphatic rings. The molecule has 0 aromatic carbocycles. The quantitative estimate of drug-likeness (QED) is 0.781. The van der Waals surface area contributed by atoms with Crippen molar-refractivity contribution in [2.24, 2.45) is 0 Å². The number of urea groups is 1. The van der Waals surface area contributed by atoms with Gasteiger partial charge in [-0.2, -0.15) is 0 Å². The highest BCUT2D eigenvalue weighted by Crippen LogP contribution is 2.33. The highest BCUT2D eigenvalue weighted by molar-refractivity contribution is 6.02. The van der Waals surface area contributed by atoms with Crippen molar-refractivity contribution in [3.05, 3.63) is 18.3 Å². The Morgan fingerprint density at radius 2 is 1.96 bits per heavy atom. The van der Waals surface area contributed by atoms with Gasteiger partial charge in [0, 0.05) is 25.8 Å². The Hall–Kier alpha value is -2.31. The van der Waals surface area contributed by atoms with E-state index in [1.54, 1.807) is 17.3 Å². The maximum Gasteiger partial charge on any atom is 0.343 e. The Kier molecular flexibility index (Phi) is 5.78. The van der Waals surface area contributed by atoms with E-state index in [9.17, 15) is 9.59 Å². The zero-order valence-corrected chi connectivity index (χ0v) is 14.1. The largest absolute Gasteiger partial charge is 0.355 e. The van der Waals surface area contributed by atoms with Gasteiger partial charge < -0.3 is 5.32 Å². The van der Waals surface area contributed by atoms with Crippen LogP contribution in [0.3, 0.4) is 0 Å². The van der Waals surface area contributed by atoms with Gasteiger partial charge in [-0.25, -0.2) is 14.8 Å². The van der Waals surface area contributed by atoms with Gasteiger partial charge in [0.2, 0.25) is 5.91 Å². The van der Waals surface area contributed by atoms with Gasteiger partial charge in [-0.1, -0.05) is 13.3 Å². The van der Waals surface area contributed by atoms with Gasteiger partial charge in [0.15, 0.2) is 5.82 Å². The van der Waals surface area contributed by atoms with Crippen LogP contribution in [0.5, 0.6) is 0 Å². The van der Waals surface area contributed by atoms with Crippen LogP contribution in [-0.4, -0.2) is 48.1 Å². The summed E-state index contributed by atoms with van der Waals surface area (Å²) in [5, 5.41) is 6.32. The monoisotopic (exact) mass is 319 g/mol. The second-order valence-corrected chi connectivity index (χ2v) is 5.35. The molecule has 7 heteroatoms. The van der Waals surface area contributed by atoms with Crippen molar-refractivity contribution in [3.63, 3.8) is 0 Å². The fraction of sp³-hybridized carbons (Fsp3) is 0.562. The number of nitrogens with zero attached hydrogens (tertiary/aromatic N) is 4. The summed E-state index contributed by atoms with van der Waals surface area (Å²) in [6, 6.07) is 3.42. The van der Waals surface area contributed by atoms with Crippen LogP contribution in [0.4, 0.5) is 16.3 Å². The summed E-state index contributed by atoms with van der Waals surface area (Å²) in [5.74, 6) is 0.556. The highest BCUT2D eigenvalue weighted by atomic mass is 16.2. The van der Waals surface area contributed by atoms with Crippen molar-refractivity contribution in [1.29, 1.82) is 0 Å². The average molecular weight is 319 g/mol. The van der Waals surface area contributed by atoms with Crippen LogP contribution in [0.2, 0.25) is 0 Å². The van der Waals surface area contributed by atoms with E-state index in [0.29, 0.717) is 31.1 Å². The molecule has 1 aromatic rings. The third-order valence-electron chi connectivity index (χ3n) is 3.80. The van der Waals surface area contributed by atoms with Gasteiger partial charge in [0.05, 0.1) is 5.69 Å². The second-order valence-electron chi connectivity index (χ2n) is 5.35. The first-order chi connectivity index (χ1) is 11.1. The number of nitrogens with one attached hydrogen (secondary N) is 1. The first-order valence-electron chi connectivity index (χ1n) is 8.22. The van der Waals surface area contributed by atoms with Crippen LogP contribution in [0.25, 0.3) is 0 Å². The Morgan fingerprint density at radius 3 is 2.61 bits per heavy atom. The van der Waals surface area contributed by atoms with Crippen LogP contribution in [-0.2, 0) is 4.79 Å². The average Bonchev–Trinajstić information content (AvgIpc) is 2.57. The van der Waals surface area contributed by atoms with E-state index in [0.717, 1.165) is 12.8 Å². The summed E-state index contributed by atoms with van der Waals surface area (Å²) in [7, 11) is 0. The normalized spacial score (nSPS) is 14.0. The Labute approximate surface area is 137 Å². The van der Waals surface area contributed by atoms with Crippen LogP contribution in [0.1, 0.15) is 33.6 Å². The molecule has 0 saturated carbocycles. The maximum absolute atomic E-state index is 12.8. The molecular weight excluding hydrogens is 294 g/mol. The van der Waals surface area contributed by atoms with Gasteiger partial charge in [-0.15, -0.1) is 0 Å². The van der Waals surface area contributed by atoms with E-state index in [-0.39, 0.29) is 18.5 Å².